The summed E-state index contributed by atoms with van der Waals surface area (Å²) in [7, 11) is 0. The third kappa shape index (κ3) is 2.72. The number of aromatic nitrogens is 1. The number of hydrogen-bond acceptors (Lipinski definition) is 3. The highest BCUT2D eigenvalue weighted by atomic mass is 16.2. The molecule has 3 heterocycles. The van der Waals surface area contributed by atoms with Gasteiger partial charge in [-0.05, 0) is 50.4 Å². The van der Waals surface area contributed by atoms with Crippen molar-refractivity contribution >= 4 is 16.8 Å². The van der Waals surface area contributed by atoms with E-state index in [4.69, 9.17) is 0 Å². The first-order valence-electron chi connectivity index (χ1n) is 8.70. The Hall–Kier alpha value is -1.94. The van der Waals surface area contributed by atoms with E-state index in [1.54, 1.807) is 6.20 Å². The van der Waals surface area contributed by atoms with Gasteiger partial charge in [0.25, 0.3) is 5.91 Å². The molecule has 2 saturated heterocycles. The Kier molecular flexibility index (Phi) is 4.00. The average molecular weight is 309 g/mol. The van der Waals surface area contributed by atoms with Crippen molar-refractivity contribution < 1.29 is 4.79 Å². The molecule has 0 radical (unpaired) electrons. The van der Waals surface area contributed by atoms with Gasteiger partial charge in [-0.25, -0.2) is 0 Å². The number of carbonyl (C=O) groups excluding carboxylic acids is 1. The number of nitrogens with zero attached hydrogens (tertiary/aromatic N) is 2. The zero-order chi connectivity index (χ0) is 15.6. The Morgan fingerprint density at radius 1 is 1.17 bits per heavy atom. The summed E-state index contributed by atoms with van der Waals surface area (Å²) in [4.78, 5) is 19.9. The molecule has 1 aromatic carbocycles. The van der Waals surface area contributed by atoms with Gasteiger partial charge in [-0.1, -0.05) is 24.6 Å². The summed E-state index contributed by atoms with van der Waals surface area (Å²) in [5.74, 6) is 0.756. The van der Waals surface area contributed by atoms with Crippen LogP contribution in [0.3, 0.4) is 0 Å². The van der Waals surface area contributed by atoms with Gasteiger partial charge in [0.2, 0.25) is 0 Å². The van der Waals surface area contributed by atoms with Crippen LogP contribution in [0.15, 0.2) is 36.5 Å². The third-order valence-corrected chi connectivity index (χ3v) is 5.32. The first kappa shape index (κ1) is 14.6. The fourth-order valence-electron chi connectivity index (χ4n) is 4.15. The van der Waals surface area contributed by atoms with Gasteiger partial charge in [0.1, 0.15) is 0 Å². The standard InChI is InChI=1S/C19H23N3O/c23-19(16-8-3-6-14-7-4-10-21-18(14)16)22-12-2-1-5-15-13-20-11-9-17(15)22/h3-4,6-8,10,15,17,20H,1-2,5,9,11-13H2/t15-,17+/m0/s1. The van der Waals surface area contributed by atoms with Crippen molar-refractivity contribution in [1.82, 2.24) is 15.2 Å². The van der Waals surface area contributed by atoms with Crippen molar-refractivity contribution in [3.05, 3.63) is 42.1 Å². The number of rotatable bonds is 1. The Morgan fingerprint density at radius 2 is 2.09 bits per heavy atom. The summed E-state index contributed by atoms with van der Waals surface area (Å²) in [6.45, 7) is 2.93. The predicted octanol–water partition coefficient (Wildman–Crippen LogP) is 2.84. The topological polar surface area (TPSA) is 45.2 Å². The fraction of sp³-hybridized carbons (Fsp3) is 0.474. The molecule has 0 spiro atoms. The zero-order valence-corrected chi connectivity index (χ0v) is 13.4. The van der Waals surface area contributed by atoms with E-state index in [1.165, 1.54) is 12.8 Å². The van der Waals surface area contributed by atoms with Gasteiger partial charge >= 0.3 is 0 Å². The van der Waals surface area contributed by atoms with Crippen LogP contribution >= 0.6 is 0 Å². The van der Waals surface area contributed by atoms with Crippen LogP contribution in [0.25, 0.3) is 10.9 Å². The molecule has 2 aliphatic heterocycles. The van der Waals surface area contributed by atoms with Gasteiger partial charge in [-0.15, -0.1) is 0 Å². The van der Waals surface area contributed by atoms with Crippen LogP contribution < -0.4 is 5.32 Å². The molecule has 23 heavy (non-hydrogen) atoms. The number of piperidine rings is 1. The summed E-state index contributed by atoms with van der Waals surface area (Å²) in [6.07, 6.45) is 6.40. The molecule has 2 atom stereocenters. The second-order valence-electron chi connectivity index (χ2n) is 6.70. The molecule has 120 valence electrons. The number of nitrogens with one attached hydrogen (secondary N) is 1. The van der Waals surface area contributed by atoms with Crippen molar-refractivity contribution in [2.24, 2.45) is 5.92 Å². The van der Waals surface area contributed by atoms with Gasteiger partial charge < -0.3 is 10.2 Å². The van der Waals surface area contributed by atoms with Crippen molar-refractivity contribution in [3.8, 4) is 0 Å². The smallest absolute Gasteiger partial charge is 0.256 e. The molecule has 0 aliphatic carbocycles. The van der Waals surface area contributed by atoms with Crippen LogP contribution in [0.2, 0.25) is 0 Å². The van der Waals surface area contributed by atoms with Crippen LogP contribution in [0, 0.1) is 5.92 Å². The minimum atomic E-state index is 0.160. The van der Waals surface area contributed by atoms with E-state index in [1.807, 2.05) is 30.3 Å². The normalized spacial score (nSPS) is 25.0. The number of carbonyl (C=O) groups is 1. The lowest BCUT2D eigenvalue weighted by atomic mass is 9.89. The van der Waals surface area contributed by atoms with Crippen LogP contribution in [0.1, 0.15) is 36.0 Å². The monoisotopic (exact) mass is 309 g/mol. The quantitative estimate of drug-likeness (QED) is 0.881. The maximum atomic E-state index is 13.3. The summed E-state index contributed by atoms with van der Waals surface area (Å²) in [6, 6.07) is 10.2. The molecule has 0 saturated carbocycles. The van der Waals surface area contributed by atoms with Gasteiger partial charge in [0, 0.05) is 24.2 Å². The molecule has 4 rings (SSSR count). The molecule has 1 aromatic heterocycles. The van der Waals surface area contributed by atoms with Gasteiger partial charge in [-0.3, -0.25) is 9.78 Å². The molecule has 2 fully saturated rings. The Balaban J connectivity index is 1.71. The number of pyridine rings is 1. The van der Waals surface area contributed by atoms with Gasteiger partial charge in [-0.2, -0.15) is 0 Å². The number of benzene rings is 1. The lowest BCUT2D eigenvalue weighted by Gasteiger charge is -2.38. The minimum Gasteiger partial charge on any atom is -0.335 e. The second-order valence-corrected chi connectivity index (χ2v) is 6.70. The Labute approximate surface area is 136 Å². The number of hydrogen-bond donors (Lipinski definition) is 1. The molecular formula is C19H23N3O. The van der Waals surface area contributed by atoms with Crippen LogP contribution in [0.4, 0.5) is 0 Å². The largest absolute Gasteiger partial charge is 0.335 e. The Bertz CT molecular complexity index is 709. The van der Waals surface area contributed by atoms with Crippen molar-refractivity contribution in [3.63, 3.8) is 0 Å². The van der Waals surface area contributed by atoms with E-state index in [0.29, 0.717) is 12.0 Å². The highest BCUT2D eigenvalue weighted by Gasteiger charge is 2.35. The Morgan fingerprint density at radius 3 is 3.04 bits per heavy atom. The first-order chi connectivity index (χ1) is 11.3. The van der Waals surface area contributed by atoms with E-state index in [-0.39, 0.29) is 5.91 Å². The lowest BCUT2D eigenvalue weighted by Crippen LogP contribution is -2.51. The molecule has 2 aromatic rings. The molecule has 4 nitrogen and oxygen atoms in total. The molecule has 0 bridgehead atoms. The molecule has 0 unspecified atom stereocenters. The highest BCUT2D eigenvalue weighted by Crippen LogP contribution is 2.29. The van der Waals surface area contributed by atoms with Crippen molar-refractivity contribution in [1.29, 1.82) is 0 Å². The van der Waals surface area contributed by atoms with Crippen LogP contribution in [-0.4, -0.2) is 41.5 Å². The van der Waals surface area contributed by atoms with E-state index in [2.05, 4.69) is 15.2 Å². The van der Waals surface area contributed by atoms with Crippen LogP contribution in [-0.2, 0) is 0 Å². The highest BCUT2D eigenvalue weighted by molar-refractivity contribution is 6.05. The molecule has 1 N–H and O–H groups in total. The van der Waals surface area contributed by atoms with E-state index >= 15 is 0 Å². The summed E-state index contributed by atoms with van der Waals surface area (Å²) < 4.78 is 0. The number of amides is 1. The predicted molar refractivity (Wildman–Crippen MR) is 91.4 cm³/mol. The minimum absolute atomic E-state index is 0.160. The maximum absolute atomic E-state index is 13.3. The number of likely N-dealkylation sites (tertiary alicyclic amines) is 1. The maximum Gasteiger partial charge on any atom is 0.256 e. The molecule has 4 heteroatoms. The summed E-state index contributed by atoms with van der Waals surface area (Å²) in [5.41, 5.74) is 1.58. The zero-order valence-electron chi connectivity index (χ0n) is 13.4. The molecule has 2 aliphatic rings. The molecular weight excluding hydrogens is 286 g/mol. The van der Waals surface area contributed by atoms with Crippen molar-refractivity contribution in [2.45, 2.75) is 31.7 Å². The average Bonchev–Trinajstić information content (AvgIpc) is 2.83. The lowest BCUT2D eigenvalue weighted by molar-refractivity contribution is 0.0588. The van der Waals surface area contributed by atoms with Crippen molar-refractivity contribution in [2.75, 3.05) is 19.6 Å². The third-order valence-electron chi connectivity index (χ3n) is 5.32. The number of para-hydroxylation sites is 1. The fourth-order valence-corrected chi connectivity index (χ4v) is 4.15. The van der Waals surface area contributed by atoms with Gasteiger partial charge in [0.05, 0.1) is 11.1 Å². The van der Waals surface area contributed by atoms with E-state index in [0.717, 1.165) is 48.9 Å². The summed E-state index contributed by atoms with van der Waals surface area (Å²) in [5, 5.41) is 4.53. The first-order valence-corrected chi connectivity index (χ1v) is 8.70. The van der Waals surface area contributed by atoms with Gasteiger partial charge in [0.15, 0.2) is 0 Å². The van der Waals surface area contributed by atoms with E-state index < -0.39 is 0 Å². The number of fused-ring (bicyclic) bond motifs is 2. The van der Waals surface area contributed by atoms with Crippen LogP contribution in [0.5, 0.6) is 0 Å². The molecule has 1 amide bonds. The second kappa shape index (κ2) is 6.28. The summed E-state index contributed by atoms with van der Waals surface area (Å²) >= 11 is 0. The van der Waals surface area contributed by atoms with E-state index in [9.17, 15) is 4.79 Å². The SMILES string of the molecule is O=C(c1cccc2cccnc12)N1CCCC[C@H]2CNCC[C@H]21.